The van der Waals surface area contributed by atoms with Crippen LogP contribution in [0.25, 0.3) is 0 Å². The Morgan fingerprint density at radius 3 is 2.48 bits per heavy atom. The van der Waals surface area contributed by atoms with E-state index in [2.05, 4.69) is 5.32 Å². The van der Waals surface area contributed by atoms with E-state index in [1.54, 1.807) is 0 Å². The molecule has 0 radical (unpaired) electrons. The zero-order valence-corrected chi connectivity index (χ0v) is 12.1. The average Bonchev–Trinajstić information content (AvgIpc) is 2.45. The second-order valence-corrected chi connectivity index (χ2v) is 4.76. The van der Waals surface area contributed by atoms with Crippen LogP contribution in [0.4, 0.5) is 4.39 Å². The highest BCUT2D eigenvalue weighted by Crippen LogP contribution is 2.13. The van der Waals surface area contributed by atoms with Crippen LogP contribution in [0.15, 0.2) is 24.3 Å². The number of ether oxygens (including phenoxy) is 1. The van der Waals surface area contributed by atoms with Crippen LogP contribution in [0.1, 0.15) is 33.1 Å². The molecule has 5 nitrogen and oxygen atoms in total. The number of carbonyl (C=O) groups is 2. The molecule has 0 aromatic heterocycles. The molecule has 2 atom stereocenters. The van der Waals surface area contributed by atoms with Gasteiger partial charge >= 0.3 is 5.97 Å². The topological polar surface area (TPSA) is 75.6 Å². The van der Waals surface area contributed by atoms with Gasteiger partial charge in [0.25, 0.3) is 5.91 Å². The maximum absolute atomic E-state index is 12.8. The number of rotatable bonds is 8. The molecule has 1 rings (SSSR count). The van der Waals surface area contributed by atoms with Crippen LogP contribution in [0.5, 0.6) is 5.75 Å². The van der Waals surface area contributed by atoms with Crippen LogP contribution < -0.4 is 10.1 Å². The lowest BCUT2D eigenvalue weighted by molar-refractivity contribution is -0.143. The molecule has 1 amide bonds. The van der Waals surface area contributed by atoms with Crippen LogP contribution in [0, 0.1) is 5.82 Å². The predicted molar refractivity (Wildman–Crippen MR) is 75.6 cm³/mol. The number of amides is 1. The number of halogens is 1. The highest BCUT2D eigenvalue weighted by molar-refractivity contribution is 5.86. The van der Waals surface area contributed by atoms with E-state index >= 15 is 0 Å². The van der Waals surface area contributed by atoms with Crippen molar-refractivity contribution < 1.29 is 23.8 Å². The summed E-state index contributed by atoms with van der Waals surface area (Å²) in [5.74, 6) is -1.63. The first-order valence-corrected chi connectivity index (χ1v) is 6.89. The Balaban J connectivity index is 2.56. The zero-order valence-electron chi connectivity index (χ0n) is 12.1. The number of nitrogens with one attached hydrogen (secondary N) is 1. The Kier molecular flexibility index (Phi) is 6.65. The summed E-state index contributed by atoms with van der Waals surface area (Å²) in [6.45, 7) is 3.46. The van der Waals surface area contributed by atoms with E-state index in [1.807, 2.05) is 6.92 Å². The summed E-state index contributed by atoms with van der Waals surface area (Å²) in [7, 11) is 0. The van der Waals surface area contributed by atoms with E-state index in [0.717, 1.165) is 6.42 Å². The van der Waals surface area contributed by atoms with Gasteiger partial charge in [-0.25, -0.2) is 9.18 Å². The molecule has 2 N–H and O–H groups in total. The summed E-state index contributed by atoms with van der Waals surface area (Å²) in [4.78, 5) is 23.0. The molecule has 2 unspecified atom stereocenters. The van der Waals surface area contributed by atoms with Gasteiger partial charge in [0.15, 0.2) is 6.10 Å². The molecule has 0 aliphatic carbocycles. The number of unbranched alkanes of at least 4 members (excludes halogenated alkanes) is 1. The number of benzene rings is 1. The van der Waals surface area contributed by atoms with Crippen molar-refractivity contribution in [3.05, 3.63) is 30.1 Å². The lowest BCUT2D eigenvalue weighted by Crippen LogP contribution is -2.46. The van der Waals surface area contributed by atoms with Gasteiger partial charge in [-0.05, 0) is 37.6 Å². The average molecular weight is 297 g/mol. The van der Waals surface area contributed by atoms with Gasteiger partial charge in [-0.2, -0.15) is 0 Å². The fourth-order valence-electron chi connectivity index (χ4n) is 1.73. The fraction of sp³-hybridized carbons (Fsp3) is 0.467. The monoisotopic (exact) mass is 297 g/mol. The highest BCUT2D eigenvalue weighted by atomic mass is 19.1. The van der Waals surface area contributed by atoms with E-state index in [9.17, 15) is 14.0 Å². The molecule has 0 saturated carbocycles. The Bertz CT molecular complexity index is 475. The summed E-state index contributed by atoms with van der Waals surface area (Å²) in [6.07, 6.45) is 1.07. The third-order valence-electron chi connectivity index (χ3n) is 2.96. The van der Waals surface area contributed by atoms with Crippen LogP contribution in [0.3, 0.4) is 0 Å². The SMILES string of the molecule is CCCCC(NC(=O)C(C)Oc1ccc(F)cc1)C(=O)O. The van der Waals surface area contributed by atoms with Gasteiger partial charge in [-0.1, -0.05) is 19.8 Å². The molecular formula is C15H20FNO4. The molecule has 21 heavy (non-hydrogen) atoms. The molecule has 1 aromatic rings. The molecule has 0 aliphatic heterocycles. The van der Waals surface area contributed by atoms with Crippen molar-refractivity contribution in [2.24, 2.45) is 0 Å². The van der Waals surface area contributed by atoms with Gasteiger partial charge in [-0.15, -0.1) is 0 Å². The van der Waals surface area contributed by atoms with Gasteiger partial charge in [0.1, 0.15) is 17.6 Å². The summed E-state index contributed by atoms with van der Waals surface area (Å²) < 4.78 is 18.1. The summed E-state index contributed by atoms with van der Waals surface area (Å²) in [5.41, 5.74) is 0. The van der Waals surface area contributed by atoms with Gasteiger partial charge in [0, 0.05) is 0 Å². The highest BCUT2D eigenvalue weighted by Gasteiger charge is 2.23. The normalized spacial score (nSPS) is 13.3. The van der Waals surface area contributed by atoms with Gasteiger partial charge in [0.2, 0.25) is 0 Å². The molecular weight excluding hydrogens is 277 g/mol. The van der Waals surface area contributed by atoms with Crippen molar-refractivity contribution in [3.63, 3.8) is 0 Å². The maximum atomic E-state index is 12.8. The summed E-state index contributed by atoms with van der Waals surface area (Å²) in [5, 5.41) is 11.5. The van der Waals surface area contributed by atoms with E-state index in [-0.39, 0.29) is 0 Å². The number of carbonyl (C=O) groups excluding carboxylic acids is 1. The molecule has 0 spiro atoms. The van der Waals surface area contributed by atoms with Gasteiger partial charge in [0.05, 0.1) is 0 Å². The largest absolute Gasteiger partial charge is 0.481 e. The summed E-state index contributed by atoms with van der Waals surface area (Å²) >= 11 is 0. The minimum atomic E-state index is -1.06. The number of hydrogen-bond acceptors (Lipinski definition) is 3. The van der Waals surface area contributed by atoms with Crippen molar-refractivity contribution in [2.75, 3.05) is 0 Å². The minimum Gasteiger partial charge on any atom is -0.481 e. The molecule has 0 fully saturated rings. The van der Waals surface area contributed by atoms with Crippen molar-refractivity contribution >= 4 is 11.9 Å². The van der Waals surface area contributed by atoms with Crippen molar-refractivity contribution in [1.82, 2.24) is 5.32 Å². The maximum Gasteiger partial charge on any atom is 0.326 e. The zero-order chi connectivity index (χ0) is 15.8. The third-order valence-corrected chi connectivity index (χ3v) is 2.96. The fourth-order valence-corrected chi connectivity index (χ4v) is 1.73. The quantitative estimate of drug-likeness (QED) is 0.772. The predicted octanol–water partition coefficient (Wildman–Crippen LogP) is 2.35. The second-order valence-electron chi connectivity index (χ2n) is 4.76. The lowest BCUT2D eigenvalue weighted by Gasteiger charge is -2.18. The van der Waals surface area contributed by atoms with Gasteiger partial charge in [-0.3, -0.25) is 4.79 Å². The van der Waals surface area contributed by atoms with Crippen LogP contribution in [0.2, 0.25) is 0 Å². The molecule has 116 valence electrons. The minimum absolute atomic E-state index is 0.347. The molecule has 0 heterocycles. The Morgan fingerprint density at radius 1 is 1.33 bits per heavy atom. The first-order valence-electron chi connectivity index (χ1n) is 6.89. The van der Waals surface area contributed by atoms with E-state index in [0.29, 0.717) is 18.6 Å². The van der Waals surface area contributed by atoms with Crippen molar-refractivity contribution in [2.45, 2.75) is 45.3 Å². The van der Waals surface area contributed by atoms with Crippen LogP contribution in [-0.4, -0.2) is 29.1 Å². The molecule has 6 heteroatoms. The number of aliphatic carboxylic acids is 1. The smallest absolute Gasteiger partial charge is 0.326 e. The second kappa shape index (κ2) is 8.24. The first kappa shape index (κ1) is 16.9. The van der Waals surface area contributed by atoms with Crippen molar-refractivity contribution in [1.29, 1.82) is 0 Å². The van der Waals surface area contributed by atoms with E-state index < -0.39 is 29.8 Å². The number of carboxylic acids is 1. The van der Waals surface area contributed by atoms with E-state index in [4.69, 9.17) is 9.84 Å². The third kappa shape index (κ3) is 5.81. The standard InChI is InChI=1S/C15H20FNO4/c1-3-4-5-13(15(19)20)17-14(18)10(2)21-12-8-6-11(16)7-9-12/h6-10,13H,3-5H2,1-2H3,(H,17,18)(H,19,20). The summed E-state index contributed by atoms with van der Waals surface area (Å²) in [6, 6.07) is 4.34. The molecule has 0 aliphatic rings. The Labute approximate surface area is 123 Å². The molecule has 1 aromatic carbocycles. The van der Waals surface area contributed by atoms with Gasteiger partial charge < -0.3 is 15.2 Å². The lowest BCUT2D eigenvalue weighted by atomic mass is 10.1. The van der Waals surface area contributed by atoms with E-state index in [1.165, 1.54) is 31.2 Å². The molecule has 0 bridgehead atoms. The Morgan fingerprint density at radius 2 is 1.95 bits per heavy atom. The number of carboxylic acid groups (broad SMARTS) is 1. The molecule has 0 saturated heterocycles. The Hall–Kier alpha value is -2.11. The van der Waals surface area contributed by atoms with Crippen molar-refractivity contribution in [3.8, 4) is 5.75 Å². The first-order chi connectivity index (χ1) is 9.93. The van der Waals surface area contributed by atoms with Crippen LogP contribution in [-0.2, 0) is 9.59 Å². The number of hydrogen-bond donors (Lipinski definition) is 2. The van der Waals surface area contributed by atoms with Crippen LogP contribution >= 0.6 is 0 Å².